The number of hydrogen-bond donors (Lipinski definition) is 1. The molecule has 164 valence electrons. The van der Waals surface area contributed by atoms with Crippen LogP contribution in [0.5, 0.6) is 11.5 Å². The average Bonchev–Trinajstić information content (AvgIpc) is 3.07. The van der Waals surface area contributed by atoms with Gasteiger partial charge in [-0.1, -0.05) is 30.3 Å². The molecule has 6 heteroatoms. The van der Waals surface area contributed by atoms with Crippen LogP contribution in [0.1, 0.15) is 40.4 Å². The van der Waals surface area contributed by atoms with Crippen molar-refractivity contribution in [3.8, 4) is 11.5 Å². The Hall–Kier alpha value is -2.41. The number of thiazole rings is 1. The van der Waals surface area contributed by atoms with Gasteiger partial charge in [0.05, 0.1) is 17.7 Å². The Bertz CT molecular complexity index is 974. The third kappa shape index (κ3) is 5.45. The molecular weight excluding hydrogens is 408 g/mol. The lowest BCUT2D eigenvalue weighted by Crippen LogP contribution is -2.29. The summed E-state index contributed by atoms with van der Waals surface area (Å²) in [5, 5.41) is 12.3. The molecule has 5 nitrogen and oxygen atoms in total. The molecular formula is C25H30N2O3S. The van der Waals surface area contributed by atoms with E-state index in [0.29, 0.717) is 13.0 Å². The highest BCUT2D eigenvalue weighted by molar-refractivity contribution is 7.11. The number of aryl methyl sites for hydroxylation is 1. The van der Waals surface area contributed by atoms with Gasteiger partial charge in [-0.25, -0.2) is 4.98 Å². The predicted molar refractivity (Wildman–Crippen MR) is 124 cm³/mol. The Labute approximate surface area is 188 Å². The smallest absolute Gasteiger partial charge is 0.125 e. The van der Waals surface area contributed by atoms with Gasteiger partial charge >= 0.3 is 0 Å². The zero-order valence-corrected chi connectivity index (χ0v) is 19.0. The molecule has 2 aromatic carbocycles. The zero-order valence-electron chi connectivity index (χ0n) is 18.2. The van der Waals surface area contributed by atoms with Crippen molar-refractivity contribution in [3.05, 3.63) is 75.7 Å². The third-order valence-corrected chi connectivity index (χ3v) is 7.20. The number of benzene rings is 2. The molecule has 1 aliphatic rings. The van der Waals surface area contributed by atoms with Gasteiger partial charge in [-0.05, 0) is 62.6 Å². The topological polar surface area (TPSA) is 54.8 Å². The molecule has 1 atom stereocenters. The second kappa shape index (κ2) is 9.81. The van der Waals surface area contributed by atoms with Crippen LogP contribution in [-0.2, 0) is 18.8 Å². The van der Waals surface area contributed by atoms with Crippen molar-refractivity contribution in [3.63, 3.8) is 0 Å². The van der Waals surface area contributed by atoms with Gasteiger partial charge in [0, 0.05) is 13.1 Å². The summed E-state index contributed by atoms with van der Waals surface area (Å²) < 4.78 is 11.2. The second-order valence-electron chi connectivity index (χ2n) is 8.14. The van der Waals surface area contributed by atoms with Gasteiger partial charge in [-0.3, -0.25) is 4.90 Å². The Kier molecular flexibility index (Phi) is 6.90. The van der Waals surface area contributed by atoms with E-state index < -0.39 is 5.60 Å². The molecule has 3 aromatic rings. The number of para-hydroxylation sites is 1. The summed E-state index contributed by atoms with van der Waals surface area (Å²) in [4.78, 5) is 8.24. The predicted octanol–water partition coefficient (Wildman–Crippen LogP) is 4.91. The van der Waals surface area contributed by atoms with E-state index in [1.807, 2.05) is 49.4 Å². The normalized spacial score (nSPS) is 19.7. The molecule has 2 heterocycles. The van der Waals surface area contributed by atoms with E-state index in [2.05, 4.69) is 17.0 Å². The maximum Gasteiger partial charge on any atom is 0.125 e. The summed E-state index contributed by atoms with van der Waals surface area (Å²) in [6.45, 7) is 5.18. The molecule has 0 amide bonds. The van der Waals surface area contributed by atoms with Gasteiger partial charge in [0.2, 0.25) is 0 Å². The maximum absolute atomic E-state index is 11.5. The van der Waals surface area contributed by atoms with Gasteiger partial charge < -0.3 is 14.6 Å². The highest BCUT2D eigenvalue weighted by atomic mass is 32.1. The lowest BCUT2D eigenvalue weighted by Gasteiger charge is -2.25. The highest BCUT2D eigenvalue weighted by Gasteiger charge is 2.35. The number of hydrogen-bond acceptors (Lipinski definition) is 6. The van der Waals surface area contributed by atoms with Gasteiger partial charge in [-0.2, -0.15) is 0 Å². The van der Waals surface area contributed by atoms with Crippen LogP contribution in [0.25, 0.3) is 0 Å². The minimum atomic E-state index is -0.866. The van der Waals surface area contributed by atoms with Crippen LogP contribution >= 0.6 is 11.3 Å². The molecule has 0 unspecified atom stereocenters. The number of rotatable bonds is 7. The first-order valence-corrected chi connectivity index (χ1v) is 11.6. The van der Waals surface area contributed by atoms with Gasteiger partial charge in [0.15, 0.2) is 0 Å². The molecule has 1 fully saturated rings. The van der Waals surface area contributed by atoms with Crippen LogP contribution in [-0.4, -0.2) is 35.2 Å². The van der Waals surface area contributed by atoms with Crippen molar-refractivity contribution >= 4 is 11.3 Å². The van der Waals surface area contributed by atoms with E-state index in [-0.39, 0.29) is 0 Å². The largest absolute Gasteiger partial charge is 0.497 e. The highest BCUT2D eigenvalue weighted by Crippen LogP contribution is 2.37. The van der Waals surface area contributed by atoms with E-state index in [4.69, 9.17) is 14.5 Å². The average molecular weight is 439 g/mol. The fourth-order valence-electron chi connectivity index (χ4n) is 3.96. The lowest BCUT2D eigenvalue weighted by molar-refractivity contribution is 0.0207. The first-order chi connectivity index (χ1) is 15.1. The van der Waals surface area contributed by atoms with E-state index in [0.717, 1.165) is 59.6 Å². The lowest BCUT2D eigenvalue weighted by atomic mass is 9.96. The van der Waals surface area contributed by atoms with Crippen LogP contribution in [0.2, 0.25) is 0 Å². The quantitative estimate of drug-likeness (QED) is 0.568. The number of nitrogens with zero attached hydrogens (tertiary/aromatic N) is 2. The summed E-state index contributed by atoms with van der Waals surface area (Å²) in [5.41, 5.74) is 1.34. The van der Waals surface area contributed by atoms with Crippen molar-refractivity contribution in [2.45, 2.75) is 44.9 Å². The molecule has 0 aliphatic carbocycles. The number of likely N-dealkylation sites (tertiary alicyclic amines) is 1. The van der Waals surface area contributed by atoms with Crippen molar-refractivity contribution in [1.29, 1.82) is 0 Å². The van der Waals surface area contributed by atoms with E-state index >= 15 is 0 Å². The van der Waals surface area contributed by atoms with E-state index in [9.17, 15) is 5.11 Å². The molecule has 0 radical (unpaired) electrons. The van der Waals surface area contributed by atoms with Crippen molar-refractivity contribution in [1.82, 2.24) is 9.88 Å². The maximum atomic E-state index is 11.5. The van der Waals surface area contributed by atoms with E-state index in [1.54, 1.807) is 18.4 Å². The summed E-state index contributed by atoms with van der Waals surface area (Å²) in [7, 11) is 1.68. The van der Waals surface area contributed by atoms with E-state index in [1.165, 1.54) is 5.56 Å². The standard InChI is InChI=1S/C25H30N2O3S/c1-19-23(18-30-22-7-4-3-5-8-22)31-24(26-19)25(28)13-6-15-27(16-14-25)17-20-9-11-21(29-2)12-10-20/h3-5,7-12,28H,6,13-18H2,1-2H3/t25-/m0/s1. The summed E-state index contributed by atoms with van der Waals surface area (Å²) in [6.07, 6.45) is 2.37. The molecule has 31 heavy (non-hydrogen) atoms. The SMILES string of the molecule is COc1ccc(CN2CCC[C@@](O)(c3nc(C)c(COc4ccccc4)s3)CC2)cc1. The third-order valence-electron chi connectivity index (χ3n) is 5.88. The Morgan fingerprint density at radius 3 is 2.55 bits per heavy atom. The Morgan fingerprint density at radius 1 is 1.03 bits per heavy atom. The monoisotopic (exact) mass is 438 g/mol. The minimum Gasteiger partial charge on any atom is -0.497 e. The summed E-state index contributed by atoms with van der Waals surface area (Å²) >= 11 is 1.58. The first-order valence-electron chi connectivity index (χ1n) is 10.8. The van der Waals surface area contributed by atoms with Crippen molar-refractivity contribution in [2.24, 2.45) is 0 Å². The number of aromatic nitrogens is 1. The minimum absolute atomic E-state index is 0.479. The van der Waals surface area contributed by atoms with Crippen LogP contribution in [0.15, 0.2) is 54.6 Å². The van der Waals surface area contributed by atoms with Crippen LogP contribution in [0, 0.1) is 6.92 Å². The Morgan fingerprint density at radius 2 is 1.81 bits per heavy atom. The summed E-state index contributed by atoms with van der Waals surface area (Å²) in [6, 6.07) is 18.0. The molecule has 0 spiro atoms. The Balaban J connectivity index is 1.39. The molecule has 0 bridgehead atoms. The van der Waals surface area contributed by atoms with Gasteiger partial charge in [0.1, 0.15) is 28.7 Å². The molecule has 1 aliphatic heterocycles. The van der Waals surface area contributed by atoms with Crippen LogP contribution in [0.4, 0.5) is 0 Å². The number of aliphatic hydroxyl groups is 1. The number of ether oxygens (including phenoxy) is 2. The second-order valence-corrected chi connectivity index (χ2v) is 9.22. The van der Waals surface area contributed by atoms with Gasteiger partial charge in [0.25, 0.3) is 0 Å². The van der Waals surface area contributed by atoms with Crippen LogP contribution < -0.4 is 9.47 Å². The molecule has 4 rings (SSSR count). The molecule has 0 saturated carbocycles. The molecule has 1 N–H and O–H groups in total. The fourth-order valence-corrected chi connectivity index (χ4v) is 5.08. The van der Waals surface area contributed by atoms with Gasteiger partial charge in [-0.15, -0.1) is 11.3 Å². The van der Waals surface area contributed by atoms with Crippen molar-refractivity contribution in [2.75, 3.05) is 20.2 Å². The molecule has 1 aromatic heterocycles. The van der Waals surface area contributed by atoms with Crippen LogP contribution in [0.3, 0.4) is 0 Å². The van der Waals surface area contributed by atoms with Crippen molar-refractivity contribution < 1.29 is 14.6 Å². The molecule has 1 saturated heterocycles. The zero-order chi connectivity index (χ0) is 21.7. The summed E-state index contributed by atoms with van der Waals surface area (Å²) in [5.74, 6) is 1.72. The fraction of sp³-hybridized carbons (Fsp3) is 0.400. The number of methoxy groups -OCH3 is 1. The first kappa shape index (κ1) is 21.8.